The third kappa shape index (κ3) is 3.93. The fourth-order valence-corrected chi connectivity index (χ4v) is 1.84. The standard InChI is InChI=1S/C12H16BrNO3/c1-7(12(15)16)8(2)14-10-4-9(13)5-11(6-10)17-3/h4-8,14H,1-3H3,(H,15,16). The Morgan fingerprint density at radius 2 is 2.06 bits per heavy atom. The third-order valence-corrected chi connectivity index (χ3v) is 3.10. The molecule has 0 saturated carbocycles. The van der Waals surface area contributed by atoms with Gasteiger partial charge in [-0.1, -0.05) is 15.9 Å². The average Bonchev–Trinajstić information content (AvgIpc) is 2.26. The van der Waals surface area contributed by atoms with Crippen molar-refractivity contribution in [1.29, 1.82) is 0 Å². The second-order valence-corrected chi connectivity index (χ2v) is 4.86. The number of hydrogen-bond donors (Lipinski definition) is 2. The molecule has 0 aliphatic carbocycles. The predicted molar refractivity (Wildman–Crippen MR) is 70.6 cm³/mol. The minimum atomic E-state index is -0.813. The summed E-state index contributed by atoms with van der Waals surface area (Å²) in [6.45, 7) is 3.52. The van der Waals surface area contributed by atoms with Gasteiger partial charge in [-0.3, -0.25) is 4.79 Å². The Bertz CT molecular complexity index is 409. The quantitative estimate of drug-likeness (QED) is 0.878. The minimum Gasteiger partial charge on any atom is -0.497 e. The third-order valence-electron chi connectivity index (χ3n) is 2.64. The van der Waals surface area contributed by atoms with E-state index in [9.17, 15) is 4.79 Å². The molecule has 0 aliphatic heterocycles. The molecule has 1 aromatic rings. The molecular formula is C12H16BrNO3. The summed E-state index contributed by atoms with van der Waals surface area (Å²) in [4.78, 5) is 10.8. The van der Waals surface area contributed by atoms with Gasteiger partial charge in [0.25, 0.3) is 0 Å². The van der Waals surface area contributed by atoms with Crippen molar-refractivity contribution in [2.75, 3.05) is 12.4 Å². The number of halogens is 1. The van der Waals surface area contributed by atoms with Gasteiger partial charge >= 0.3 is 5.97 Å². The van der Waals surface area contributed by atoms with Crippen molar-refractivity contribution in [3.63, 3.8) is 0 Å². The molecule has 0 amide bonds. The van der Waals surface area contributed by atoms with E-state index >= 15 is 0 Å². The first kappa shape index (κ1) is 13.8. The second kappa shape index (κ2) is 5.91. The molecule has 0 saturated heterocycles. The van der Waals surface area contributed by atoms with Crippen LogP contribution in [-0.2, 0) is 4.79 Å². The fraction of sp³-hybridized carbons (Fsp3) is 0.417. The van der Waals surface area contributed by atoms with Crippen LogP contribution in [0, 0.1) is 5.92 Å². The highest BCUT2D eigenvalue weighted by atomic mass is 79.9. The summed E-state index contributed by atoms with van der Waals surface area (Å²) in [6, 6.07) is 5.39. The molecule has 0 fully saturated rings. The van der Waals surface area contributed by atoms with Crippen molar-refractivity contribution in [1.82, 2.24) is 0 Å². The maximum atomic E-state index is 10.8. The average molecular weight is 302 g/mol. The monoisotopic (exact) mass is 301 g/mol. The van der Waals surface area contributed by atoms with Crippen LogP contribution in [0.1, 0.15) is 13.8 Å². The molecule has 1 rings (SSSR count). The van der Waals surface area contributed by atoms with E-state index in [0.717, 1.165) is 15.9 Å². The number of ether oxygens (including phenoxy) is 1. The molecule has 0 aromatic heterocycles. The van der Waals surface area contributed by atoms with Crippen molar-refractivity contribution in [3.8, 4) is 5.75 Å². The van der Waals surface area contributed by atoms with Gasteiger partial charge < -0.3 is 15.2 Å². The molecule has 94 valence electrons. The minimum absolute atomic E-state index is 0.161. The Labute approximate surface area is 109 Å². The SMILES string of the molecule is COc1cc(Br)cc(NC(C)C(C)C(=O)O)c1. The van der Waals surface area contributed by atoms with Gasteiger partial charge in [-0.15, -0.1) is 0 Å². The molecule has 5 heteroatoms. The fourth-order valence-electron chi connectivity index (χ4n) is 1.37. The van der Waals surface area contributed by atoms with Crippen LogP contribution in [0.25, 0.3) is 0 Å². The van der Waals surface area contributed by atoms with E-state index in [4.69, 9.17) is 9.84 Å². The van der Waals surface area contributed by atoms with E-state index in [-0.39, 0.29) is 6.04 Å². The van der Waals surface area contributed by atoms with E-state index < -0.39 is 11.9 Å². The van der Waals surface area contributed by atoms with Gasteiger partial charge in [-0.05, 0) is 26.0 Å². The Hall–Kier alpha value is -1.23. The molecule has 0 radical (unpaired) electrons. The van der Waals surface area contributed by atoms with Crippen LogP contribution >= 0.6 is 15.9 Å². The van der Waals surface area contributed by atoms with E-state index in [0.29, 0.717) is 0 Å². The molecule has 0 aliphatic rings. The van der Waals surface area contributed by atoms with E-state index in [1.807, 2.05) is 25.1 Å². The number of hydrogen-bond acceptors (Lipinski definition) is 3. The smallest absolute Gasteiger partial charge is 0.308 e. The van der Waals surface area contributed by atoms with Gasteiger partial charge in [0.15, 0.2) is 0 Å². The first-order valence-corrected chi connectivity index (χ1v) is 6.07. The zero-order valence-corrected chi connectivity index (χ0v) is 11.6. The molecule has 2 N–H and O–H groups in total. The zero-order chi connectivity index (χ0) is 13.0. The van der Waals surface area contributed by atoms with Crippen LogP contribution < -0.4 is 10.1 Å². The highest BCUT2D eigenvalue weighted by Gasteiger charge is 2.19. The Morgan fingerprint density at radius 1 is 1.41 bits per heavy atom. The van der Waals surface area contributed by atoms with Crippen molar-refractivity contribution in [2.24, 2.45) is 5.92 Å². The molecule has 0 bridgehead atoms. The first-order valence-electron chi connectivity index (χ1n) is 5.28. The van der Waals surface area contributed by atoms with Gasteiger partial charge in [-0.2, -0.15) is 0 Å². The lowest BCUT2D eigenvalue weighted by Gasteiger charge is -2.19. The lowest BCUT2D eigenvalue weighted by atomic mass is 10.0. The first-order chi connectivity index (χ1) is 7.93. The number of aliphatic carboxylic acids is 1. The lowest BCUT2D eigenvalue weighted by molar-refractivity contribution is -0.141. The Balaban J connectivity index is 2.80. The van der Waals surface area contributed by atoms with E-state index in [1.165, 1.54) is 0 Å². The van der Waals surface area contributed by atoms with Crippen LogP contribution in [-0.4, -0.2) is 24.2 Å². The number of methoxy groups -OCH3 is 1. The summed E-state index contributed by atoms with van der Waals surface area (Å²) >= 11 is 3.37. The summed E-state index contributed by atoms with van der Waals surface area (Å²) in [5.74, 6) is -0.552. The largest absolute Gasteiger partial charge is 0.497 e. The van der Waals surface area contributed by atoms with Crippen LogP contribution in [0.3, 0.4) is 0 Å². The number of carboxylic acids is 1. The number of anilines is 1. The van der Waals surface area contributed by atoms with Crippen LogP contribution in [0.4, 0.5) is 5.69 Å². The highest BCUT2D eigenvalue weighted by molar-refractivity contribution is 9.10. The van der Waals surface area contributed by atoms with Gasteiger partial charge in [0.2, 0.25) is 0 Å². The zero-order valence-electron chi connectivity index (χ0n) is 10.0. The number of carboxylic acid groups (broad SMARTS) is 1. The maximum absolute atomic E-state index is 10.8. The van der Waals surface area contributed by atoms with E-state index in [1.54, 1.807) is 14.0 Å². The summed E-state index contributed by atoms with van der Waals surface area (Å²) < 4.78 is 6.02. The Kier molecular flexibility index (Phi) is 4.81. The summed E-state index contributed by atoms with van der Waals surface area (Å²) in [5, 5.41) is 12.1. The molecule has 2 unspecified atom stereocenters. The molecule has 4 nitrogen and oxygen atoms in total. The topological polar surface area (TPSA) is 58.6 Å². The maximum Gasteiger partial charge on any atom is 0.308 e. The number of nitrogens with one attached hydrogen (secondary N) is 1. The van der Waals surface area contributed by atoms with Crippen LogP contribution in [0.2, 0.25) is 0 Å². The van der Waals surface area contributed by atoms with Crippen molar-refractivity contribution < 1.29 is 14.6 Å². The van der Waals surface area contributed by atoms with E-state index in [2.05, 4.69) is 21.2 Å². The summed E-state index contributed by atoms with van der Waals surface area (Å²) in [6.07, 6.45) is 0. The molecule has 1 aromatic carbocycles. The molecule has 2 atom stereocenters. The van der Waals surface area contributed by atoms with Crippen LogP contribution in [0.15, 0.2) is 22.7 Å². The van der Waals surface area contributed by atoms with Crippen molar-refractivity contribution in [3.05, 3.63) is 22.7 Å². The van der Waals surface area contributed by atoms with Gasteiger partial charge in [0, 0.05) is 22.3 Å². The molecule has 0 spiro atoms. The molecular weight excluding hydrogens is 286 g/mol. The number of benzene rings is 1. The van der Waals surface area contributed by atoms with Crippen molar-refractivity contribution in [2.45, 2.75) is 19.9 Å². The Morgan fingerprint density at radius 3 is 2.59 bits per heavy atom. The van der Waals surface area contributed by atoms with Gasteiger partial charge in [0.1, 0.15) is 5.75 Å². The number of rotatable bonds is 5. The summed E-state index contributed by atoms with van der Waals surface area (Å²) in [7, 11) is 1.59. The number of carbonyl (C=O) groups is 1. The van der Waals surface area contributed by atoms with Crippen LogP contribution in [0.5, 0.6) is 5.75 Å². The van der Waals surface area contributed by atoms with Crippen molar-refractivity contribution >= 4 is 27.6 Å². The molecule has 17 heavy (non-hydrogen) atoms. The van der Waals surface area contributed by atoms with Gasteiger partial charge in [0.05, 0.1) is 13.0 Å². The highest BCUT2D eigenvalue weighted by Crippen LogP contribution is 2.25. The van der Waals surface area contributed by atoms with Gasteiger partial charge in [-0.25, -0.2) is 0 Å². The molecule has 0 heterocycles. The second-order valence-electron chi connectivity index (χ2n) is 3.94. The summed E-state index contributed by atoms with van der Waals surface area (Å²) in [5.41, 5.74) is 0.830. The lowest BCUT2D eigenvalue weighted by Crippen LogP contribution is -2.29. The normalized spacial score (nSPS) is 13.9. The predicted octanol–water partition coefficient (Wildman–Crippen LogP) is 2.98.